The van der Waals surface area contributed by atoms with Crippen LogP contribution >= 0.6 is 9.24 Å². The molecule has 3 nitrogen and oxygen atoms in total. The normalized spacial score (nSPS) is 34.7. The lowest BCUT2D eigenvalue weighted by atomic mass is 9.90. The Labute approximate surface area is 68.6 Å². The van der Waals surface area contributed by atoms with E-state index in [0.29, 0.717) is 6.16 Å². The highest BCUT2D eigenvalue weighted by molar-refractivity contribution is 7.16. The molecule has 0 aliphatic carbocycles. The first kappa shape index (κ1) is 8.79. The van der Waals surface area contributed by atoms with Crippen LogP contribution < -0.4 is 0 Å². The van der Waals surface area contributed by atoms with E-state index in [0.717, 1.165) is 0 Å². The Morgan fingerprint density at radius 3 is 2.09 bits per heavy atom. The lowest BCUT2D eigenvalue weighted by Crippen LogP contribution is -2.46. The van der Waals surface area contributed by atoms with E-state index in [-0.39, 0.29) is 0 Å². The highest BCUT2D eigenvalue weighted by Crippen LogP contribution is 2.37. The van der Waals surface area contributed by atoms with Gasteiger partial charge in [-0.25, -0.2) is 4.79 Å². The molecule has 64 valence electrons. The predicted molar refractivity (Wildman–Crippen MR) is 44.6 cm³/mol. The van der Waals surface area contributed by atoms with Crippen molar-refractivity contribution in [3.63, 3.8) is 0 Å². The SMILES string of the molecule is CC1(C)OC(=O)OC1(C)CP. The largest absolute Gasteiger partial charge is 0.509 e. The fourth-order valence-corrected chi connectivity index (χ4v) is 1.51. The number of carbonyl (C=O) groups excluding carboxylic acids is 1. The minimum absolute atomic E-state index is 0.505. The number of carbonyl (C=O) groups is 1. The van der Waals surface area contributed by atoms with Gasteiger partial charge in [-0.2, -0.15) is 0 Å². The van der Waals surface area contributed by atoms with Gasteiger partial charge in [-0.15, -0.1) is 9.24 Å². The molecule has 0 saturated carbocycles. The molecular weight excluding hydrogens is 163 g/mol. The quantitative estimate of drug-likeness (QED) is 0.449. The summed E-state index contributed by atoms with van der Waals surface area (Å²) in [6.45, 7) is 5.56. The Kier molecular flexibility index (Phi) is 1.87. The van der Waals surface area contributed by atoms with Crippen LogP contribution in [0.2, 0.25) is 0 Å². The van der Waals surface area contributed by atoms with Gasteiger partial charge >= 0.3 is 6.16 Å². The summed E-state index contributed by atoms with van der Waals surface area (Å²) >= 11 is 0. The molecule has 2 unspecified atom stereocenters. The van der Waals surface area contributed by atoms with Gasteiger partial charge in [0.15, 0.2) is 5.60 Å². The monoisotopic (exact) mass is 176 g/mol. The van der Waals surface area contributed by atoms with E-state index in [1.807, 2.05) is 20.8 Å². The van der Waals surface area contributed by atoms with E-state index >= 15 is 0 Å². The maximum absolute atomic E-state index is 10.8. The van der Waals surface area contributed by atoms with Crippen molar-refractivity contribution in [2.75, 3.05) is 6.16 Å². The molecular formula is C7H13O3P. The highest BCUT2D eigenvalue weighted by Gasteiger charge is 2.52. The molecule has 2 atom stereocenters. The first-order valence-corrected chi connectivity index (χ1v) is 4.35. The maximum Gasteiger partial charge on any atom is 0.509 e. The minimum atomic E-state index is -0.569. The zero-order valence-electron chi connectivity index (χ0n) is 7.01. The second-order valence-electron chi connectivity index (χ2n) is 3.40. The first-order valence-electron chi connectivity index (χ1n) is 3.53. The van der Waals surface area contributed by atoms with Crippen LogP contribution in [0.3, 0.4) is 0 Å². The predicted octanol–water partition coefficient (Wildman–Crippen LogP) is 1.57. The van der Waals surface area contributed by atoms with Crippen molar-refractivity contribution in [1.29, 1.82) is 0 Å². The second kappa shape index (κ2) is 2.34. The molecule has 1 rings (SSSR count). The Hall–Kier alpha value is -0.300. The fraction of sp³-hybridized carbons (Fsp3) is 0.857. The Morgan fingerprint density at radius 1 is 1.36 bits per heavy atom. The third-order valence-corrected chi connectivity index (χ3v) is 3.09. The van der Waals surface area contributed by atoms with Crippen LogP contribution in [0.15, 0.2) is 0 Å². The summed E-state index contributed by atoms with van der Waals surface area (Å²) < 4.78 is 10.0. The third-order valence-electron chi connectivity index (χ3n) is 2.31. The Morgan fingerprint density at radius 2 is 1.91 bits per heavy atom. The number of hydrogen-bond acceptors (Lipinski definition) is 3. The van der Waals surface area contributed by atoms with E-state index < -0.39 is 17.4 Å². The van der Waals surface area contributed by atoms with Gasteiger partial charge < -0.3 is 9.47 Å². The zero-order valence-corrected chi connectivity index (χ0v) is 8.16. The van der Waals surface area contributed by atoms with Gasteiger partial charge in [0.1, 0.15) is 5.60 Å². The van der Waals surface area contributed by atoms with Gasteiger partial charge in [0.05, 0.1) is 0 Å². The molecule has 1 fully saturated rings. The van der Waals surface area contributed by atoms with Gasteiger partial charge in [0, 0.05) is 6.16 Å². The molecule has 0 bridgehead atoms. The Balaban J connectivity index is 2.89. The third kappa shape index (κ3) is 1.22. The molecule has 11 heavy (non-hydrogen) atoms. The molecule has 0 spiro atoms. The molecule has 1 heterocycles. The van der Waals surface area contributed by atoms with Crippen molar-refractivity contribution in [3.05, 3.63) is 0 Å². The number of cyclic esters (lactones) is 2. The number of hydrogen-bond donors (Lipinski definition) is 0. The van der Waals surface area contributed by atoms with E-state index in [2.05, 4.69) is 9.24 Å². The van der Waals surface area contributed by atoms with Gasteiger partial charge in [-0.3, -0.25) is 0 Å². The average Bonchev–Trinajstić information content (AvgIpc) is 2.03. The summed E-state index contributed by atoms with van der Waals surface area (Å²) in [4.78, 5) is 10.8. The topological polar surface area (TPSA) is 35.5 Å². The van der Waals surface area contributed by atoms with E-state index in [4.69, 9.17) is 9.47 Å². The van der Waals surface area contributed by atoms with Crippen LogP contribution in [-0.4, -0.2) is 23.5 Å². The van der Waals surface area contributed by atoms with Gasteiger partial charge in [-0.05, 0) is 20.8 Å². The number of ether oxygens (including phenoxy) is 2. The number of rotatable bonds is 1. The second-order valence-corrected chi connectivity index (χ2v) is 3.81. The molecule has 1 aliphatic rings. The lowest BCUT2D eigenvalue weighted by molar-refractivity contribution is 0.00949. The zero-order chi connectivity index (χ0) is 8.70. The summed E-state index contributed by atoms with van der Waals surface area (Å²) in [6.07, 6.45) is 0.117. The molecule has 0 aromatic heterocycles. The molecule has 1 saturated heterocycles. The molecule has 0 radical (unpaired) electrons. The molecule has 0 aromatic carbocycles. The standard InChI is InChI=1S/C7H13O3P/c1-6(2)7(3,4-11)10-5(8)9-6/h4,11H2,1-3H3. The molecule has 1 aliphatic heterocycles. The van der Waals surface area contributed by atoms with E-state index in [1.165, 1.54) is 0 Å². The van der Waals surface area contributed by atoms with Crippen molar-refractivity contribution in [1.82, 2.24) is 0 Å². The summed E-state index contributed by atoms with van der Waals surface area (Å²) in [6, 6.07) is 0. The van der Waals surface area contributed by atoms with E-state index in [1.54, 1.807) is 0 Å². The van der Waals surface area contributed by atoms with Crippen LogP contribution in [0.25, 0.3) is 0 Å². The maximum atomic E-state index is 10.8. The lowest BCUT2D eigenvalue weighted by Gasteiger charge is -2.30. The van der Waals surface area contributed by atoms with Gasteiger partial charge in [-0.1, -0.05) is 0 Å². The van der Waals surface area contributed by atoms with Crippen molar-refractivity contribution >= 4 is 15.4 Å². The van der Waals surface area contributed by atoms with Crippen LogP contribution in [-0.2, 0) is 9.47 Å². The highest BCUT2D eigenvalue weighted by atomic mass is 31.0. The van der Waals surface area contributed by atoms with Gasteiger partial charge in [0.2, 0.25) is 0 Å². The van der Waals surface area contributed by atoms with Crippen LogP contribution in [0.4, 0.5) is 4.79 Å². The Bertz CT molecular complexity index is 190. The summed E-state index contributed by atoms with van der Waals surface area (Å²) in [5.74, 6) is 0. The molecule has 0 N–H and O–H groups in total. The van der Waals surface area contributed by atoms with E-state index in [9.17, 15) is 4.79 Å². The van der Waals surface area contributed by atoms with Crippen molar-refractivity contribution in [2.45, 2.75) is 32.0 Å². The van der Waals surface area contributed by atoms with Crippen LogP contribution in [0.5, 0.6) is 0 Å². The average molecular weight is 176 g/mol. The summed E-state index contributed by atoms with van der Waals surface area (Å²) in [7, 11) is 2.55. The van der Waals surface area contributed by atoms with Gasteiger partial charge in [0.25, 0.3) is 0 Å². The van der Waals surface area contributed by atoms with Crippen LogP contribution in [0.1, 0.15) is 20.8 Å². The first-order chi connectivity index (χ1) is 4.91. The summed E-state index contributed by atoms with van der Waals surface area (Å²) in [5.41, 5.74) is -1.03. The smallest absolute Gasteiger partial charge is 0.424 e. The molecule has 0 aromatic rings. The molecule has 0 amide bonds. The van der Waals surface area contributed by atoms with Crippen molar-refractivity contribution in [2.24, 2.45) is 0 Å². The molecule has 4 heteroatoms. The fourth-order valence-electron chi connectivity index (χ4n) is 0.931. The summed E-state index contributed by atoms with van der Waals surface area (Å²) in [5, 5.41) is 0. The minimum Gasteiger partial charge on any atom is -0.424 e. The van der Waals surface area contributed by atoms with Crippen LogP contribution in [0, 0.1) is 0 Å². The van der Waals surface area contributed by atoms with Crippen molar-refractivity contribution < 1.29 is 14.3 Å². The van der Waals surface area contributed by atoms with Crippen molar-refractivity contribution in [3.8, 4) is 0 Å².